The second-order valence-corrected chi connectivity index (χ2v) is 5.18. The molecular weight excluding hydrogens is 220 g/mol. The summed E-state index contributed by atoms with van der Waals surface area (Å²) in [6.07, 6.45) is 4.00. The van der Waals surface area contributed by atoms with Gasteiger partial charge in [0.15, 0.2) is 0 Å². The van der Waals surface area contributed by atoms with E-state index in [-0.39, 0.29) is 6.61 Å². The Hall–Kier alpha value is -0.820. The maximum absolute atomic E-state index is 8.57. The van der Waals surface area contributed by atoms with Crippen LogP contribution >= 0.6 is 11.3 Å². The third-order valence-corrected chi connectivity index (χ3v) is 3.54. The van der Waals surface area contributed by atoms with Crippen LogP contribution in [0.1, 0.15) is 29.0 Å². The molecule has 0 aliphatic heterocycles. The highest BCUT2D eigenvalue weighted by molar-refractivity contribution is 7.12. The first-order valence-corrected chi connectivity index (χ1v) is 6.46. The zero-order chi connectivity index (χ0) is 11.2. The minimum absolute atomic E-state index is 0.0783. The van der Waals surface area contributed by atoms with Gasteiger partial charge in [0.05, 0.1) is 11.5 Å². The number of ether oxygens (including phenoxy) is 1. The average molecular weight is 236 g/mol. The van der Waals surface area contributed by atoms with Crippen LogP contribution in [0.5, 0.6) is 0 Å². The van der Waals surface area contributed by atoms with Crippen LogP contribution in [0.3, 0.4) is 0 Å². The molecule has 0 spiro atoms. The largest absolute Gasteiger partial charge is 0.384 e. The van der Waals surface area contributed by atoms with Gasteiger partial charge >= 0.3 is 0 Å². The zero-order valence-electron chi connectivity index (χ0n) is 9.24. The molecule has 3 heteroatoms. The molecule has 1 heterocycles. The second kappa shape index (κ2) is 6.05. The molecule has 1 fully saturated rings. The van der Waals surface area contributed by atoms with Crippen LogP contribution in [-0.4, -0.2) is 18.3 Å². The SMILES string of the molecule is OCC#Cc1ccc(COCCC2CC2)s1. The summed E-state index contributed by atoms with van der Waals surface area (Å²) in [5.74, 6) is 6.48. The summed E-state index contributed by atoms with van der Waals surface area (Å²) in [5.41, 5.74) is 0. The smallest absolute Gasteiger partial charge is 0.104 e. The minimum atomic E-state index is -0.0783. The molecule has 0 radical (unpaired) electrons. The highest BCUT2D eigenvalue weighted by atomic mass is 32.1. The maximum atomic E-state index is 8.57. The fourth-order valence-electron chi connectivity index (χ4n) is 1.48. The van der Waals surface area contributed by atoms with E-state index < -0.39 is 0 Å². The monoisotopic (exact) mass is 236 g/mol. The van der Waals surface area contributed by atoms with Crippen molar-refractivity contribution in [2.75, 3.05) is 13.2 Å². The van der Waals surface area contributed by atoms with Gasteiger partial charge in [-0.05, 0) is 24.5 Å². The zero-order valence-corrected chi connectivity index (χ0v) is 10.1. The van der Waals surface area contributed by atoms with Gasteiger partial charge in [-0.25, -0.2) is 0 Å². The van der Waals surface area contributed by atoms with Gasteiger partial charge in [-0.15, -0.1) is 11.3 Å². The molecular formula is C13H16O2S. The summed E-state index contributed by atoms with van der Waals surface area (Å²) < 4.78 is 5.60. The molecule has 1 saturated carbocycles. The van der Waals surface area contributed by atoms with Gasteiger partial charge in [-0.3, -0.25) is 0 Å². The van der Waals surface area contributed by atoms with Crippen molar-refractivity contribution >= 4 is 11.3 Å². The van der Waals surface area contributed by atoms with Gasteiger partial charge in [0, 0.05) is 11.5 Å². The summed E-state index contributed by atoms with van der Waals surface area (Å²) in [5, 5.41) is 8.57. The molecule has 0 amide bonds. The van der Waals surface area contributed by atoms with Gasteiger partial charge in [-0.2, -0.15) is 0 Å². The first kappa shape index (κ1) is 11.7. The van der Waals surface area contributed by atoms with Crippen molar-refractivity contribution in [1.29, 1.82) is 0 Å². The Morgan fingerprint density at radius 2 is 2.31 bits per heavy atom. The summed E-state index contributed by atoms with van der Waals surface area (Å²) in [6.45, 7) is 1.49. The van der Waals surface area contributed by atoms with Crippen molar-refractivity contribution in [3.8, 4) is 11.8 Å². The van der Waals surface area contributed by atoms with Gasteiger partial charge in [0.25, 0.3) is 0 Å². The molecule has 0 unspecified atom stereocenters. The van der Waals surface area contributed by atoms with Crippen LogP contribution in [0.15, 0.2) is 12.1 Å². The molecule has 2 rings (SSSR count). The van der Waals surface area contributed by atoms with E-state index in [9.17, 15) is 0 Å². The van der Waals surface area contributed by atoms with Gasteiger partial charge in [-0.1, -0.05) is 24.7 Å². The Labute approximate surface area is 100 Å². The van der Waals surface area contributed by atoms with Crippen molar-refractivity contribution < 1.29 is 9.84 Å². The van der Waals surface area contributed by atoms with Crippen molar-refractivity contribution in [3.05, 3.63) is 21.9 Å². The molecule has 0 bridgehead atoms. The van der Waals surface area contributed by atoms with Crippen LogP contribution in [0.25, 0.3) is 0 Å². The number of hydrogen-bond donors (Lipinski definition) is 1. The molecule has 1 aromatic heterocycles. The summed E-state index contributed by atoms with van der Waals surface area (Å²) >= 11 is 1.64. The number of rotatable bonds is 5. The van der Waals surface area contributed by atoms with Crippen LogP contribution < -0.4 is 0 Å². The highest BCUT2D eigenvalue weighted by Crippen LogP contribution is 2.32. The van der Waals surface area contributed by atoms with Crippen LogP contribution in [-0.2, 0) is 11.3 Å². The first-order chi connectivity index (χ1) is 7.88. The standard InChI is InChI=1S/C13H16O2S/c14-8-1-2-12-5-6-13(16-12)10-15-9-7-11-3-4-11/h5-6,11,14H,3-4,7-10H2. The van der Waals surface area contributed by atoms with Gasteiger partial charge < -0.3 is 9.84 Å². The van der Waals surface area contributed by atoms with E-state index in [1.54, 1.807) is 11.3 Å². The molecule has 2 nitrogen and oxygen atoms in total. The second-order valence-electron chi connectivity index (χ2n) is 4.01. The number of aliphatic hydroxyl groups excluding tert-OH is 1. The molecule has 0 atom stereocenters. The Balaban J connectivity index is 1.69. The fraction of sp³-hybridized carbons (Fsp3) is 0.538. The minimum Gasteiger partial charge on any atom is -0.384 e. The van der Waals surface area contributed by atoms with Crippen LogP contribution in [0.4, 0.5) is 0 Å². The molecule has 86 valence electrons. The van der Waals surface area contributed by atoms with E-state index in [0.717, 1.165) is 17.4 Å². The topological polar surface area (TPSA) is 29.5 Å². The highest BCUT2D eigenvalue weighted by Gasteiger charge is 2.20. The molecule has 16 heavy (non-hydrogen) atoms. The molecule has 0 aromatic carbocycles. The quantitative estimate of drug-likeness (QED) is 0.628. The van der Waals surface area contributed by atoms with Crippen LogP contribution in [0, 0.1) is 17.8 Å². The van der Waals surface area contributed by atoms with E-state index in [0.29, 0.717) is 6.61 Å². The molecule has 1 aliphatic carbocycles. The Bertz CT molecular complexity index is 382. The number of hydrogen-bond acceptors (Lipinski definition) is 3. The Morgan fingerprint density at radius 1 is 1.44 bits per heavy atom. The van der Waals surface area contributed by atoms with Gasteiger partial charge in [0.2, 0.25) is 0 Å². The summed E-state index contributed by atoms with van der Waals surface area (Å²) in [4.78, 5) is 2.20. The van der Waals surface area contributed by atoms with E-state index in [1.165, 1.54) is 24.1 Å². The van der Waals surface area contributed by atoms with E-state index in [4.69, 9.17) is 9.84 Å². The maximum Gasteiger partial charge on any atom is 0.104 e. The number of thiophene rings is 1. The predicted molar refractivity (Wildman–Crippen MR) is 65.3 cm³/mol. The summed E-state index contributed by atoms with van der Waals surface area (Å²) in [6, 6.07) is 4.02. The van der Waals surface area contributed by atoms with Crippen molar-refractivity contribution in [3.63, 3.8) is 0 Å². The van der Waals surface area contributed by atoms with Crippen LogP contribution in [0.2, 0.25) is 0 Å². The van der Waals surface area contributed by atoms with Gasteiger partial charge in [0.1, 0.15) is 6.61 Å². The normalized spacial score (nSPS) is 14.6. The molecule has 1 aliphatic rings. The lowest BCUT2D eigenvalue weighted by atomic mass is 10.3. The van der Waals surface area contributed by atoms with Crippen molar-refractivity contribution in [1.82, 2.24) is 0 Å². The summed E-state index contributed by atoms with van der Waals surface area (Å²) in [7, 11) is 0. The third kappa shape index (κ3) is 3.97. The first-order valence-electron chi connectivity index (χ1n) is 5.64. The lowest BCUT2D eigenvalue weighted by Crippen LogP contribution is -1.94. The predicted octanol–water partition coefficient (Wildman–Crippen LogP) is 2.41. The molecule has 1 N–H and O–H groups in total. The van der Waals surface area contributed by atoms with E-state index in [2.05, 4.69) is 11.8 Å². The number of aliphatic hydroxyl groups is 1. The lowest BCUT2D eigenvalue weighted by Gasteiger charge is -2.00. The van der Waals surface area contributed by atoms with E-state index in [1.807, 2.05) is 12.1 Å². The fourth-order valence-corrected chi connectivity index (χ4v) is 2.30. The molecule has 1 aromatic rings. The van der Waals surface area contributed by atoms with Crippen molar-refractivity contribution in [2.24, 2.45) is 5.92 Å². The Kier molecular flexibility index (Phi) is 4.41. The van der Waals surface area contributed by atoms with E-state index >= 15 is 0 Å². The average Bonchev–Trinajstić information content (AvgIpc) is 3.01. The van der Waals surface area contributed by atoms with Crippen molar-refractivity contribution in [2.45, 2.75) is 25.9 Å². The molecule has 0 saturated heterocycles. The third-order valence-electron chi connectivity index (χ3n) is 2.56. The lowest BCUT2D eigenvalue weighted by molar-refractivity contribution is 0.117. The Morgan fingerprint density at radius 3 is 3.06 bits per heavy atom.